The SMILES string of the molecule is CN=C(NCC(=O)N1CCc2ccccc2C1)N1CCSC(C)(C)C1. The van der Waals surface area contributed by atoms with Crippen LogP contribution in [0.4, 0.5) is 0 Å². The van der Waals surface area contributed by atoms with Crippen LogP contribution in [0.1, 0.15) is 25.0 Å². The summed E-state index contributed by atoms with van der Waals surface area (Å²) < 4.78 is 0.219. The molecule has 0 spiro atoms. The Labute approximate surface area is 154 Å². The zero-order valence-electron chi connectivity index (χ0n) is 15.4. The fourth-order valence-electron chi connectivity index (χ4n) is 3.50. The van der Waals surface area contributed by atoms with Gasteiger partial charge >= 0.3 is 0 Å². The molecule has 2 heterocycles. The van der Waals surface area contributed by atoms with E-state index < -0.39 is 0 Å². The van der Waals surface area contributed by atoms with E-state index in [0.717, 1.165) is 37.8 Å². The number of aliphatic imine (C=N–C) groups is 1. The zero-order valence-corrected chi connectivity index (χ0v) is 16.2. The summed E-state index contributed by atoms with van der Waals surface area (Å²) in [5.74, 6) is 2.06. The summed E-state index contributed by atoms with van der Waals surface area (Å²) in [6.07, 6.45) is 0.939. The van der Waals surface area contributed by atoms with Crippen LogP contribution in [0.25, 0.3) is 0 Å². The van der Waals surface area contributed by atoms with Gasteiger partial charge in [-0.25, -0.2) is 0 Å². The highest BCUT2D eigenvalue weighted by Gasteiger charge is 2.29. The van der Waals surface area contributed by atoms with E-state index in [0.29, 0.717) is 13.1 Å². The molecular weight excluding hydrogens is 332 g/mol. The third-order valence-electron chi connectivity index (χ3n) is 4.82. The molecule has 1 saturated heterocycles. The lowest BCUT2D eigenvalue weighted by atomic mass is 10.00. The summed E-state index contributed by atoms with van der Waals surface area (Å²) in [5, 5.41) is 3.27. The topological polar surface area (TPSA) is 47.9 Å². The van der Waals surface area contributed by atoms with E-state index in [1.54, 1.807) is 7.05 Å². The number of carbonyl (C=O) groups is 1. The molecule has 1 aromatic carbocycles. The van der Waals surface area contributed by atoms with Crippen molar-refractivity contribution in [2.24, 2.45) is 4.99 Å². The monoisotopic (exact) mass is 360 g/mol. The van der Waals surface area contributed by atoms with E-state index in [2.05, 4.69) is 47.3 Å². The molecule has 0 radical (unpaired) electrons. The summed E-state index contributed by atoms with van der Waals surface area (Å²) in [6.45, 7) is 8.24. The Morgan fingerprint density at radius 3 is 2.72 bits per heavy atom. The fraction of sp³-hybridized carbons (Fsp3) is 0.579. The average molecular weight is 361 g/mol. The van der Waals surface area contributed by atoms with Gasteiger partial charge in [0.25, 0.3) is 0 Å². The molecule has 0 aromatic heterocycles. The van der Waals surface area contributed by atoms with Crippen molar-refractivity contribution in [2.75, 3.05) is 39.0 Å². The highest BCUT2D eigenvalue weighted by Crippen LogP contribution is 2.29. The number of rotatable bonds is 2. The summed E-state index contributed by atoms with van der Waals surface area (Å²) in [6, 6.07) is 8.39. The van der Waals surface area contributed by atoms with Crippen molar-refractivity contribution in [3.63, 3.8) is 0 Å². The normalized spacial score (nSPS) is 20.2. The van der Waals surface area contributed by atoms with Crippen LogP contribution in [0.3, 0.4) is 0 Å². The molecular formula is C19H28N4OS. The number of guanidine groups is 1. The number of carbonyl (C=O) groups excluding carboxylic acids is 1. The maximum absolute atomic E-state index is 12.6. The van der Waals surface area contributed by atoms with Crippen molar-refractivity contribution in [3.05, 3.63) is 35.4 Å². The van der Waals surface area contributed by atoms with Crippen molar-refractivity contribution >= 4 is 23.6 Å². The van der Waals surface area contributed by atoms with Gasteiger partial charge in [-0.15, -0.1) is 0 Å². The van der Waals surface area contributed by atoms with Gasteiger partial charge in [-0.2, -0.15) is 11.8 Å². The minimum absolute atomic E-state index is 0.140. The Hall–Kier alpha value is -1.69. The van der Waals surface area contributed by atoms with Crippen molar-refractivity contribution < 1.29 is 4.79 Å². The maximum atomic E-state index is 12.6. The molecule has 3 rings (SSSR count). The number of thioether (sulfide) groups is 1. The van der Waals surface area contributed by atoms with E-state index >= 15 is 0 Å². The molecule has 0 bridgehead atoms. The molecule has 25 heavy (non-hydrogen) atoms. The van der Waals surface area contributed by atoms with Crippen LogP contribution >= 0.6 is 11.8 Å². The number of benzene rings is 1. The first-order valence-electron chi connectivity index (χ1n) is 8.92. The Bertz CT molecular complexity index is 659. The summed E-state index contributed by atoms with van der Waals surface area (Å²) >= 11 is 1.99. The first-order valence-corrected chi connectivity index (χ1v) is 9.91. The van der Waals surface area contributed by atoms with Crippen LogP contribution in [0.2, 0.25) is 0 Å². The van der Waals surface area contributed by atoms with Gasteiger partial charge in [0.1, 0.15) is 0 Å². The van der Waals surface area contributed by atoms with Crippen LogP contribution in [0.5, 0.6) is 0 Å². The predicted octanol–water partition coefficient (Wildman–Crippen LogP) is 1.97. The zero-order chi connectivity index (χ0) is 17.9. The minimum Gasteiger partial charge on any atom is -0.347 e. The summed E-state index contributed by atoms with van der Waals surface area (Å²) in [7, 11) is 1.79. The molecule has 0 atom stereocenters. The predicted molar refractivity (Wildman–Crippen MR) is 105 cm³/mol. The second-order valence-corrected chi connectivity index (χ2v) is 9.07. The second kappa shape index (κ2) is 7.68. The molecule has 5 nitrogen and oxygen atoms in total. The molecule has 1 N–H and O–H groups in total. The van der Waals surface area contributed by atoms with Gasteiger partial charge in [0, 0.05) is 43.7 Å². The largest absolute Gasteiger partial charge is 0.347 e. The number of hydrogen-bond acceptors (Lipinski definition) is 3. The molecule has 136 valence electrons. The average Bonchev–Trinajstić information content (AvgIpc) is 2.61. The van der Waals surface area contributed by atoms with Gasteiger partial charge in [0.05, 0.1) is 6.54 Å². The number of nitrogens with zero attached hydrogens (tertiary/aromatic N) is 3. The Morgan fingerprint density at radius 2 is 2.00 bits per heavy atom. The quantitative estimate of drug-likeness (QED) is 0.647. The number of amides is 1. The van der Waals surface area contributed by atoms with Gasteiger partial charge < -0.3 is 15.1 Å². The number of nitrogens with one attached hydrogen (secondary N) is 1. The van der Waals surface area contributed by atoms with Gasteiger partial charge in [-0.3, -0.25) is 9.79 Å². The molecule has 1 fully saturated rings. The van der Waals surface area contributed by atoms with Gasteiger partial charge in [-0.1, -0.05) is 24.3 Å². The first-order chi connectivity index (χ1) is 12.0. The third kappa shape index (κ3) is 4.48. The highest BCUT2D eigenvalue weighted by atomic mass is 32.2. The summed E-state index contributed by atoms with van der Waals surface area (Å²) in [5.41, 5.74) is 2.63. The van der Waals surface area contributed by atoms with Gasteiger partial charge in [0.2, 0.25) is 5.91 Å². The third-order valence-corrected chi connectivity index (χ3v) is 6.12. The van der Waals surface area contributed by atoms with Gasteiger partial charge in [0.15, 0.2) is 5.96 Å². The smallest absolute Gasteiger partial charge is 0.242 e. The van der Waals surface area contributed by atoms with Crippen LogP contribution in [0, 0.1) is 0 Å². The highest BCUT2D eigenvalue weighted by molar-refractivity contribution is 8.00. The maximum Gasteiger partial charge on any atom is 0.242 e. The van der Waals surface area contributed by atoms with Crippen molar-refractivity contribution in [3.8, 4) is 0 Å². The lowest BCUT2D eigenvalue weighted by Crippen LogP contribution is -2.52. The summed E-state index contributed by atoms with van der Waals surface area (Å²) in [4.78, 5) is 21.2. The van der Waals surface area contributed by atoms with E-state index in [1.807, 2.05) is 22.7 Å². The molecule has 0 aliphatic carbocycles. The Morgan fingerprint density at radius 1 is 1.24 bits per heavy atom. The van der Waals surface area contributed by atoms with Crippen LogP contribution in [-0.4, -0.2) is 65.4 Å². The van der Waals surface area contributed by atoms with Crippen LogP contribution < -0.4 is 5.32 Å². The first kappa shape index (κ1) is 18.1. The molecule has 2 aliphatic heterocycles. The second-order valence-electron chi connectivity index (χ2n) is 7.26. The molecule has 6 heteroatoms. The fourth-order valence-corrected chi connectivity index (χ4v) is 4.62. The van der Waals surface area contributed by atoms with Crippen molar-refractivity contribution in [1.29, 1.82) is 0 Å². The van der Waals surface area contributed by atoms with Crippen LogP contribution in [-0.2, 0) is 17.8 Å². The molecule has 1 aromatic rings. The van der Waals surface area contributed by atoms with E-state index in [4.69, 9.17) is 0 Å². The van der Waals surface area contributed by atoms with Crippen molar-refractivity contribution in [2.45, 2.75) is 31.6 Å². The standard InChI is InChI=1S/C19H28N4OS/c1-19(2)14-23(10-11-25-19)18(20-3)21-12-17(24)22-9-8-15-6-4-5-7-16(15)13-22/h4-7H,8-14H2,1-3H3,(H,20,21). The Kier molecular flexibility index (Phi) is 5.57. The van der Waals surface area contributed by atoms with Gasteiger partial charge in [-0.05, 0) is 31.4 Å². The Balaban J connectivity index is 1.55. The van der Waals surface area contributed by atoms with E-state index in [-0.39, 0.29) is 10.7 Å². The molecule has 0 saturated carbocycles. The molecule has 0 unspecified atom stereocenters. The van der Waals surface area contributed by atoms with Crippen molar-refractivity contribution in [1.82, 2.24) is 15.1 Å². The lowest BCUT2D eigenvalue weighted by molar-refractivity contribution is -0.130. The van der Waals surface area contributed by atoms with E-state index in [1.165, 1.54) is 11.1 Å². The molecule has 1 amide bonds. The van der Waals surface area contributed by atoms with Crippen LogP contribution in [0.15, 0.2) is 29.3 Å². The number of hydrogen-bond donors (Lipinski definition) is 1. The number of fused-ring (bicyclic) bond motifs is 1. The van der Waals surface area contributed by atoms with E-state index in [9.17, 15) is 4.79 Å². The lowest BCUT2D eigenvalue weighted by Gasteiger charge is -2.39. The minimum atomic E-state index is 0.140. The molecule has 2 aliphatic rings.